The van der Waals surface area contributed by atoms with E-state index in [0.29, 0.717) is 28.9 Å². The van der Waals surface area contributed by atoms with Crippen molar-refractivity contribution >= 4 is 11.6 Å². The SMILES string of the molecule is O=C1C(=O)c2c(CCc3ccccc3)nn(-c3ccccc3)c2-c2ccccc21. The highest BCUT2D eigenvalue weighted by molar-refractivity contribution is 6.53. The van der Waals surface area contributed by atoms with Crippen molar-refractivity contribution in [1.29, 1.82) is 0 Å². The Morgan fingerprint density at radius 2 is 1.28 bits per heavy atom. The smallest absolute Gasteiger partial charge is 0.237 e. The number of benzene rings is 3. The topological polar surface area (TPSA) is 52.0 Å². The summed E-state index contributed by atoms with van der Waals surface area (Å²) in [5, 5.41) is 4.80. The summed E-state index contributed by atoms with van der Waals surface area (Å²) in [4.78, 5) is 25.8. The molecule has 0 radical (unpaired) electrons. The van der Waals surface area contributed by atoms with Crippen molar-refractivity contribution in [1.82, 2.24) is 9.78 Å². The third-order valence-electron chi connectivity index (χ3n) is 5.31. The molecule has 0 unspecified atom stereocenters. The van der Waals surface area contributed by atoms with Gasteiger partial charge in [0, 0.05) is 11.1 Å². The molecule has 0 saturated carbocycles. The van der Waals surface area contributed by atoms with Gasteiger partial charge in [0.05, 0.1) is 22.6 Å². The maximum absolute atomic E-state index is 13.1. The molecule has 4 aromatic rings. The predicted molar refractivity (Wildman–Crippen MR) is 112 cm³/mol. The molecule has 0 N–H and O–H groups in total. The van der Waals surface area contributed by atoms with E-state index in [4.69, 9.17) is 5.10 Å². The van der Waals surface area contributed by atoms with Crippen molar-refractivity contribution in [2.24, 2.45) is 0 Å². The van der Waals surface area contributed by atoms with E-state index < -0.39 is 11.6 Å². The van der Waals surface area contributed by atoms with Crippen LogP contribution in [0.15, 0.2) is 84.9 Å². The molecule has 0 fully saturated rings. The van der Waals surface area contributed by atoms with Crippen LogP contribution in [0.25, 0.3) is 16.9 Å². The van der Waals surface area contributed by atoms with Crippen LogP contribution >= 0.6 is 0 Å². The largest absolute Gasteiger partial charge is 0.285 e. The van der Waals surface area contributed by atoms with E-state index in [1.54, 1.807) is 16.8 Å². The summed E-state index contributed by atoms with van der Waals surface area (Å²) in [6.07, 6.45) is 1.34. The number of para-hydroxylation sites is 1. The molecule has 140 valence electrons. The van der Waals surface area contributed by atoms with Crippen LogP contribution in [-0.2, 0) is 12.8 Å². The molecule has 1 aromatic heterocycles. The molecular formula is C25H18N2O2. The van der Waals surface area contributed by atoms with Gasteiger partial charge in [-0.1, -0.05) is 72.8 Å². The summed E-state index contributed by atoms with van der Waals surface area (Å²) < 4.78 is 1.80. The lowest BCUT2D eigenvalue weighted by molar-refractivity contribution is 0.0814. The number of nitrogens with zero attached hydrogens (tertiary/aromatic N) is 2. The molecule has 0 spiro atoms. The summed E-state index contributed by atoms with van der Waals surface area (Å²) >= 11 is 0. The Labute approximate surface area is 168 Å². The molecule has 0 atom stereocenters. The highest BCUT2D eigenvalue weighted by atomic mass is 16.2. The van der Waals surface area contributed by atoms with Crippen LogP contribution in [0, 0.1) is 0 Å². The predicted octanol–water partition coefficient (Wildman–Crippen LogP) is 4.70. The first-order valence-corrected chi connectivity index (χ1v) is 9.63. The van der Waals surface area contributed by atoms with Gasteiger partial charge in [0.25, 0.3) is 0 Å². The lowest BCUT2D eigenvalue weighted by atomic mass is 9.86. The number of rotatable bonds is 4. The van der Waals surface area contributed by atoms with Gasteiger partial charge in [-0.05, 0) is 30.5 Å². The summed E-state index contributed by atoms with van der Waals surface area (Å²) in [7, 11) is 0. The third-order valence-corrected chi connectivity index (χ3v) is 5.31. The van der Waals surface area contributed by atoms with Crippen LogP contribution in [0.2, 0.25) is 0 Å². The zero-order chi connectivity index (χ0) is 19.8. The molecule has 0 aliphatic heterocycles. The molecular weight excluding hydrogens is 360 g/mol. The average molecular weight is 378 g/mol. The number of aromatic nitrogens is 2. The van der Waals surface area contributed by atoms with Crippen LogP contribution in [0.5, 0.6) is 0 Å². The molecule has 1 heterocycles. The van der Waals surface area contributed by atoms with Gasteiger partial charge >= 0.3 is 0 Å². The summed E-state index contributed by atoms with van der Waals surface area (Å²) in [5.41, 5.74) is 5.05. The van der Waals surface area contributed by atoms with Crippen molar-refractivity contribution in [3.05, 3.63) is 107 Å². The van der Waals surface area contributed by atoms with E-state index in [9.17, 15) is 9.59 Å². The van der Waals surface area contributed by atoms with E-state index in [2.05, 4.69) is 12.1 Å². The third kappa shape index (κ3) is 2.90. The van der Waals surface area contributed by atoms with Gasteiger partial charge in [-0.3, -0.25) is 9.59 Å². The molecule has 1 aliphatic rings. The Hall–Kier alpha value is -3.79. The number of carbonyl (C=O) groups excluding carboxylic acids is 2. The lowest BCUT2D eigenvalue weighted by Crippen LogP contribution is -2.22. The van der Waals surface area contributed by atoms with Gasteiger partial charge in [-0.15, -0.1) is 0 Å². The Morgan fingerprint density at radius 1 is 0.655 bits per heavy atom. The molecule has 29 heavy (non-hydrogen) atoms. The minimum Gasteiger partial charge on any atom is -0.285 e. The number of fused-ring (bicyclic) bond motifs is 3. The number of Topliss-reactive ketones (excluding diaryl/α,β-unsaturated/α-hetero) is 2. The van der Waals surface area contributed by atoms with Gasteiger partial charge in [0.15, 0.2) is 0 Å². The second-order valence-electron chi connectivity index (χ2n) is 7.11. The molecule has 5 rings (SSSR count). The Morgan fingerprint density at radius 3 is 2.00 bits per heavy atom. The standard InChI is InChI=1S/C25H18N2O2/c28-24-20-14-8-7-13-19(20)23-22(25(24)29)21(16-15-17-9-3-1-4-10-17)26-27(23)18-11-5-2-6-12-18/h1-14H,15-16H2. The number of ketones is 2. The zero-order valence-electron chi connectivity index (χ0n) is 15.7. The minimum absolute atomic E-state index is 0.438. The van der Waals surface area contributed by atoms with Crippen LogP contribution in [0.1, 0.15) is 32.0 Å². The molecule has 4 heteroatoms. The van der Waals surface area contributed by atoms with Gasteiger partial charge in [0.2, 0.25) is 11.6 Å². The van der Waals surface area contributed by atoms with E-state index in [1.165, 1.54) is 5.56 Å². The second-order valence-corrected chi connectivity index (χ2v) is 7.11. The average Bonchev–Trinajstić information content (AvgIpc) is 3.17. The van der Waals surface area contributed by atoms with Crippen LogP contribution < -0.4 is 0 Å². The fraction of sp³-hybridized carbons (Fsp3) is 0.0800. The van der Waals surface area contributed by atoms with Crippen molar-refractivity contribution in [3.63, 3.8) is 0 Å². The lowest BCUT2D eigenvalue weighted by Gasteiger charge is -2.17. The zero-order valence-corrected chi connectivity index (χ0v) is 15.7. The molecule has 0 bridgehead atoms. The van der Waals surface area contributed by atoms with Crippen molar-refractivity contribution in [2.75, 3.05) is 0 Å². The van der Waals surface area contributed by atoms with Crippen molar-refractivity contribution < 1.29 is 9.59 Å². The number of carbonyl (C=O) groups is 2. The molecule has 0 amide bonds. The normalized spacial score (nSPS) is 12.6. The highest BCUT2D eigenvalue weighted by Crippen LogP contribution is 2.37. The van der Waals surface area contributed by atoms with E-state index in [0.717, 1.165) is 17.7 Å². The van der Waals surface area contributed by atoms with Gasteiger partial charge in [0.1, 0.15) is 0 Å². The first-order chi connectivity index (χ1) is 14.2. The first-order valence-electron chi connectivity index (χ1n) is 9.63. The molecule has 0 saturated heterocycles. The Bertz CT molecular complexity index is 1220. The van der Waals surface area contributed by atoms with Gasteiger partial charge < -0.3 is 0 Å². The fourth-order valence-electron chi connectivity index (χ4n) is 3.91. The summed E-state index contributed by atoms with van der Waals surface area (Å²) in [6.45, 7) is 0. The van der Waals surface area contributed by atoms with Crippen molar-refractivity contribution in [3.8, 4) is 16.9 Å². The molecule has 4 nitrogen and oxygen atoms in total. The quantitative estimate of drug-likeness (QED) is 0.484. The van der Waals surface area contributed by atoms with Crippen molar-refractivity contribution in [2.45, 2.75) is 12.8 Å². The van der Waals surface area contributed by atoms with E-state index in [1.807, 2.05) is 60.7 Å². The maximum Gasteiger partial charge on any atom is 0.237 e. The van der Waals surface area contributed by atoms with Crippen LogP contribution in [0.3, 0.4) is 0 Å². The van der Waals surface area contributed by atoms with E-state index in [-0.39, 0.29) is 0 Å². The number of hydrogen-bond acceptors (Lipinski definition) is 3. The summed E-state index contributed by atoms with van der Waals surface area (Å²) in [6, 6.07) is 27.1. The molecule has 1 aliphatic carbocycles. The maximum atomic E-state index is 13.1. The van der Waals surface area contributed by atoms with E-state index >= 15 is 0 Å². The second kappa shape index (κ2) is 6.99. The Kier molecular flexibility index (Phi) is 4.17. The summed E-state index contributed by atoms with van der Waals surface area (Å²) in [5.74, 6) is -0.925. The number of hydrogen-bond donors (Lipinski definition) is 0. The van der Waals surface area contributed by atoms with Crippen LogP contribution in [0.4, 0.5) is 0 Å². The van der Waals surface area contributed by atoms with Gasteiger partial charge in [-0.2, -0.15) is 5.10 Å². The minimum atomic E-state index is -0.469. The number of aryl methyl sites for hydroxylation is 2. The molecule has 3 aromatic carbocycles. The fourth-order valence-corrected chi connectivity index (χ4v) is 3.91. The van der Waals surface area contributed by atoms with Gasteiger partial charge in [-0.25, -0.2) is 4.68 Å². The first kappa shape index (κ1) is 17.3. The Balaban J connectivity index is 1.69. The highest BCUT2D eigenvalue weighted by Gasteiger charge is 2.36. The van der Waals surface area contributed by atoms with Crippen LogP contribution in [-0.4, -0.2) is 21.3 Å². The monoisotopic (exact) mass is 378 g/mol.